The molecule has 0 atom stereocenters. The predicted octanol–water partition coefficient (Wildman–Crippen LogP) is 6.69. The van der Waals surface area contributed by atoms with Crippen molar-refractivity contribution in [1.82, 2.24) is 4.90 Å². The van der Waals surface area contributed by atoms with Crippen molar-refractivity contribution in [2.45, 2.75) is 51.5 Å². The number of hydrogen-bond acceptors (Lipinski definition) is 4. The fourth-order valence-electron chi connectivity index (χ4n) is 4.88. The first-order chi connectivity index (χ1) is 19.0. The molecule has 0 spiro atoms. The van der Waals surface area contributed by atoms with Gasteiger partial charge < -0.3 is 19.3 Å². The summed E-state index contributed by atoms with van der Waals surface area (Å²) in [7, 11) is 1.63. The first-order valence-electron chi connectivity index (χ1n) is 13.7. The van der Waals surface area contributed by atoms with Crippen molar-refractivity contribution in [3.05, 3.63) is 88.9 Å². The second-order valence-electron chi connectivity index (χ2n) is 9.88. The van der Waals surface area contributed by atoms with Gasteiger partial charge in [0.25, 0.3) is 5.91 Å². The Morgan fingerprint density at radius 3 is 2.28 bits per heavy atom. The normalized spacial score (nSPS) is 14.8. The van der Waals surface area contributed by atoms with Crippen LogP contribution >= 0.6 is 11.6 Å². The number of anilines is 1. The largest absolute Gasteiger partial charge is 0.497 e. The summed E-state index contributed by atoms with van der Waals surface area (Å²) in [6, 6.07) is 22.6. The van der Waals surface area contributed by atoms with Crippen LogP contribution in [0.15, 0.2) is 72.8 Å². The van der Waals surface area contributed by atoms with Gasteiger partial charge in [-0.1, -0.05) is 67.6 Å². The number of rotatable bonds is 6. The highest BCUT2D eigenvalue weighted by atomic mass is 35.5. The third kappa shape index (κ3) is 8.49. The van der Waals surface area contributed by atoms with Crippen molar-refractivity contribution in [3.63, 3.8) is 0 Å². The molecule has 2 amide bonds. The lowest BCUT2D eigenvalue weighted by Gasteiger charge is -2.28. The van der Waals surface area contributed by atoms with Crippen LogP contribution in [-0.2, 0) is 22.6 Å². The lowest BCUT2D eigenvalue weighted by molar-refractivity contribution is -0.134. The maximum atomic E-state index is 13.7. The van der Waals surface area contributed by atoms with E-state index in [-0.39, 0.29) is 24.8 Å². The number of halogens is 1. The minimum Gasteiger partial charge on any atom is -0.497 e. The average Bonchev–Trinajstić information content (AvgIpc) is 2.97. The molecule has 0 fully saturated rings. The summed E-state index contributed by atoms with van der Waals surface area (Å²) in [6.45, 7) is 1.66. The van der Waals surface area contributed by atoms with E-state index in [1.807, 2.05) is 58.3 Å². The van der Waals surface area contributed by atoms with Crippen molar-refractivity contribution >= 4 is 29.1 Å². The van der Waals surface area contributed by atoms with E-state index in [0.29, 0.717) is 30.4 Å². The van der Waals surface area contributed by atoms with Crippen molar-refractivity contribution < 1.29 is 19.1 Å². The van der Waals surface area contributed by atoms with Crippen molar-refractivity contribution in [3.8, 4) is 11.5 Å². The Hall–Kier alpha value is -3.51. The van der Waals surface area contributed by atoms with E-state index >= 15 is 0 Å². The van der Waals surface area contributed by atoms with Crippen LogP contribution in [0.3, 0.4) is 0 Å². The summed E-state index contributed by atoms with van der Waals surface area (Å²) < 4.78 is 11.1. The van der Waals surface area contributed by atoms with Crippen LogP contribution in [0.25, 0.3) is 0 Å². The molecule has 0 aliphatic carbocycles. The van der Waals surface area contributed by atoms with Crippen molar-refractivity contribution in [2.75, 3.05) is 31.7 Å². The van der Waals surface area contributed by atoms with Gasteiger partial charge in [0.1, 0.15) is 11.5 Å². The molecular formula is C32H37ClN2O4. The van der Waals surface area contributed by atoms with E-state index in [9.17, 15) is 9.59 Å². The first-order valence-corrected chi connectivity index (χ1v) is 14.1. The van der Waals surface area contributed by atoms with E-state index in [1.54, 1.807) is 31.4 Å². The third-order valence-electron chi connectivity index (χ3n) is 7.02. The van der Waals surface area contributed by atoms with Gasteiger partial charge in [0, 0.05) is 30.3 Å². The number of methoxy groups -OCH3 is 1. The highest BCUT2D eigenvalue weighted by Crippen LogP contribution is 2.26. The van der Waals surface area contributed by atoms with Crippen molar-refractivity contribution in [2.24, 2.45) is 0 Å². The number of carbonyl (C=O) groups is 2. The smallest absolute Gasteiger partial charge is 0.260 e. The SMILES string of the molecule is COc1cccc(CC(=O)N2CCCCCCCCN(C(=O)COc3ccc(Cl)cc3)Cc3ccccc32)c1. The summed E-state index contributed by atoms with van der Waals surface area (Å²) in [5.41, 5.74) is 2.73. The lowest BCUT2D eigenvalue weighted by atomic mass is 10.1. The molecule has 0 aromatic heterocycles. The van der Waals surface area contributed by atoms with Crippen LogP contribution < -0.4 is 14.4 Å². The quantitative estimate of drug-likeness (QED) is 0.344. The fourth-order valence-corrected chi connectivity index (χ4v) is 5.01. The number of carbonyl (C=O) groups excluding carboxylic acids is 2. The number of para-hydroxylation sites is 1. The Morgan fingerprint density at radius 1 is 0.795 bits per heavy atom. The molecule has 206 valence electrons. The molecule has 0 bridgehead atoms. The van der Waals surface area contributed by atoms with E-state index in [1.165, 1.54) is 0 Å². The Balaban J connectivity index is 1.55. The van der Waals surface area contributed by atoms with Gasteiger partial charge in [0.05, 0.1) is 13.5 Å². The molecular weight excluding hydrogens is 512 g/mol. The zero-order chi connectivity index (χ0) is 27.5. The first kappa shape index (κ1) is 28.5. The monoisotopic (exact) mass is 548 g/mol. The van der Waals surface area contributed by atoms with Crippen LogP contribution in [0.1, 0.15) is 49.7 Å². The Labute approximate surface area is 236 Å². The van der Waals surface area contributed by atoms with Crippen LogP contribution in [0.4, 0.5) is 5.69 Å². The average molecular weight is 549 g/mol. The molecule has 0 radical (unpaired) electrons. The topological polar surface area (TPSA) is 59.1 Å². The van der Waals surface area contributed by atoms with Gasteiger partial charge in [-0.15, -0.1) is 0 Å². The Morgan fingerprint density at radius 2 is 1.51 bits per heavy atom. The van der Waals surface area contributed by atoms with E-state index < -0.39 is 0 Å². The third-order valence-corrected chi connectivity index (χ3v) is 7.27. The second-order valence-corrected chi connectivity index (χ2v) is 10.3. The van der Waals surface area contributed by atoms with Crippen molar-refractivity contribution in [1.29, 1.82) is 0 Å². The maximum absolute atomic E-state index is 13.7. The summed E-state index contributed by atoms with van der Waals surface area (Å²) in [6.07, 6.45) is 6.54. The van der Waals surface area contributed by atoms with Crippen LogP contribution in [0, 0.1) is 0 Å². The van der Waals surface area contributed by atoms with E-state index in [2.05, 4.69) is 0 Å². The molecule has 1 aliphatic rings. The Bertz CT molecular complexity index is 1230. The minimum absolute atomic E-state index is 0.0366. The number of amides is 2. The number of nitrogens with zero attached hydrogens (tertiary/aromatic N) is 2. The molecule has 0 unspecified atom stereocenters. The van der Waals surface area contributed by atoms with E-state index in [4.69, 9.17) is 21.1 Å². The van der Waals surface area contributed by atoms with Crippen LogP contribution in [-0.4, -0.2) is 43.5 Å². The van der Waals surface area contributed by atoms with Gasteiger partial charge in [0.15, 0.2) is 6.61 Å². The standard InChI is InChI=1S/C32H37ClN2O4/c1-38-29-13-10-11-25(21-29)22-31(36)35-20-9-5-3-2-4-8-19-34(23-26-12-6-7-14-30(26)35)32(37)24-39-28-17-15-27(33)16-18-28/h6-7,10-18,21H,2-5,8-9,19-20,22-24H2,1H3. The highest BCUT2D eigenvalue weighted by molar-refractivity contribution is 6.30. The van der Waals surface area contributed by atoms with Crippen LogP contribution in [0.5, 0.6) is 11.5 Å². The van der Waals surface area contributed by atoms with E-state index in [0.717, 1.165) is 61.1 Å². The van der Waals surface area contributed by atoms with Crippen LogP contribution in [0.2, 0.25) is 5.02 Å². The summed E-state index contributed by atoms with van der Waals surface area (Å²) in [5.74, 6) is 1.30. The Kier molecular flexibility index (Phi) is 10.7. The number of benzene rings is 3. The molecule has 1 heterocycles. The number of hydrogen-bond donors (Lipinski definition) is 0. The molecule has 4 rings (SSSR count). The predicted molar refractivity (Wildman–Crippen MR) is 156 cm³/mol. The zero-order valence-electron chi connectivity index (χ0n) is 22.6. The molecule has 0 saturated heterocycles. The molecule has 6 nitrogen and oxygen atoms in total. The van der Waals surface area contributed by atoms with Gasteiger partial charge in [-0.05, 0) is 66.4 Å². The summed E-state index contributed by atoms with van der Waals surface area (Å²) in [5, 5.41) is 0.620. The number of ether oxygens (including phenoxy) is 2. The molecule has 0 saturated carbocycles. The van der Waals surface area contributed by atoms with Gasteiger partial charge in [-0.2, -0.15) is 0 Å². The second kappa shape index (κ2) is 14.6. The minimum atomic E-state index is -0.0797. The maximum Gasteiger partial charge on any atom is 0.260 e. The lowest BCUT2D eigenvalue weighted by Crippen LogP contribution is -2.37. The van der Waals surface area contributed by atoms with Gasteiger partial charge in [-0.3, -0.25) is 9.59 Å². The molecule has 3 aromatic carbocycles. The zero-order valence-corrected chi connectivity index (χ0v) is 23.4. The van der Waals surface area contributed by atoms with Gasteiger partial charge in [-0.25, -0.2) is 0 Å². The molecule has 39 heavy (non-hydrogen) atoms. The fraction of sp³-hybridized carbons (Fsp3) is 0.375. The summed E-state index contributed by atoms with van der Waals surface area (Å²) >= 11 is 5.97. The molecule has 1 aliphatic heterocycles. The molecule has 0 N–H and O–H groups in total. The molecule has 7 heteroatoms. The highest BCUT2D eigenvalue weighted by Gasteiger charge is 2.22. The van der Waals surface area contributed by atoms with Gasteiger partial charge in [0.2, 0.25) is 5.91 Å². The summed E-state index contributed by atoms with van der Waals surface area (Å²) in [4.78, 5) is 30.8. The van der Waals surface area contributed by atoms with Gasteiger partial charge >= 0.3 is 0 Å². The molecule has 3 aromatic rings. The number of fused-ring (bicyclic) bond motifs is 1.